The summed E-state index contributed by atoms with van der Waals surface area (Å²) in [5.41, 5.74) is 0. The Balaban J connectivity index is 2.38. The average Bonchev–Trinajstić information content (AvgIpc) is 2.51. The highest BCUT2D eigenvalue weighted by molar-refractivity contribution is 7.80. The van der Waals surface area contributed by atoms with Crippen molar-refractivity contribution in [3.05, 3.63) is 0 Å². The molecule has 0 aromatic rings. The van der Waals surface area contributed by atoms with Gasteiger partial charge in [-0.15, -0.1) is 0 Å². The molecule has 0 saturated carbocycles. The minimum atomic E-state index is 0.250. The zero-order valence-electron chi connectivity index (χ0n) is 8.58. The van der Waals surface area contributed by atoms with Crippen LogP contribution in [0.5, 0.6) is 0 Å². The highest BCUT2D eigenvalue weighted by atomic mass is 32.1. The quantitative estimate of drug-likeness (QED) is 0.655. The summed E-state index contributed by atoms with van der Waals surface area (Å²) in [7, 11) is 0. The van der Waals surface area contributed by atoms with Crippen LogP contribution in [0.4, 0.5) is 0 Å². The van der Waals surface area contributed by atoms with Gasteiger partial charge in [-0.25, -0.2) is 0 Å². The maximum absolute atomic E-state index is 5.72. The zero-order chi connectivity index (χ0) is 9.84. The van der Waals surface area contributed by atoms with Crippen LogP contribution < -0.4 is 0 Å². The second-order valence-electron chi connectivity index (χ2n) is 3.60. The van der Waals surface area contributed by atoms with Gasteiger partial charge in [0.1, 0.15) is 0 Å². The van der Waals surface area contributed by atoms with E-state index in [1.54, 1.807) is 0 Å². The van der Waals surface area contributed by atoms with E-state index in [1.807, 2.05) is 6.92 Å². The maximum atomic E-state index is 5.72. The fourth-order valence-electron chi connectivity index (χ4n) is 1.63. The monoisotopic (exact) mass is 202 g/mol. The van der Waals surface area contributed by atoms with Gasteiger partial charge in [0.05, 0.1) is 24.7 Å². The molecule has 1 heterocycles. The smallest absolute Gasteiger partial charge is 0.165 e. The number of thiocarbonyl (C=S) groups is 1. The summed E-state index contributed by atoms with van der Waals surface area (Å²) in [6.07, 6.45) is 2.91. The van der Waals surface area contributed by atoms with Gasteiger partial charge in [-0.1, -0.05) is 6.92 Å². The molecular weight excluding hydrogens is 184 g/mol. The molecule has 1 fully saturated rings. The summed E-state index contributed by atoms with van der Waals surface area (Å²) >= 11 is 5.15. The molecule has 3 atom stereocenters. The summed E-state index contributed by atoms with van der Waals surface area (Å²) in [4.78, 5) is 0. The molecule has 1 aliphatic rings. The molecule has 1 rings (SSSR count). The lowest BCUT2D eigenvalue weighted by Gasteiger charge is -2.19. The van der Waals surface area contributed by atoms with Gasteiger partial charge in [0.2, 0.25) is 0 Å². The third-order valence-electron chi connectivity index (χ3n) is 2.48. The van der Waals surface area contributed by atoms with Crippen molar-refractivity contribution in [2.75, 3.05) is 6.61 Å². The predicted octanol–water partition coefficient (Wildman–Crippen LogP) is 2.55. The molecule has 13 heavy (non-hydrogen) atoms. The van der Waals surface area contributed by atoms with E-state index < -0.39 is 0 Å². The van der Waals surface area contributed by atoms with Crippen LogP contribution in [0.15, 0.2) is 0 Å². The fraction of sp³-hybridized carbons (Fsp3) is 0.900. The van der Waals surface area contributed by atoms with E-state index in [4.69, 9.17) is 21.7 Å². The lowest BCUT2D eigenvalue weighted by Crippen LogP contribution is -2.26. The molecule has 3 heteroatoms. The summed E-state index contributed by atoms with van der Waals surface area (Å²) in [6, 6.07) is 0. The van der Waals surface area contributed by atoms with Gasteiger partial charge in [-0.3, -0.25) is 0 Å². The van der Waals surface area contributed by atoms with Crippen LogP contribution in [-0.4, -0.2) is 23.9 Å². The highest BCUT2D eigenvalue weighted by Crippen LogP contribution is 2.26. The first kappa shape index (κ1) is 10.9. The van der Waals surface area contributed by atoms with Gasteiger partial charge in [0, 0.05) is 0 Å². The Morgan fingerprint density at radius 1 is 1.62 bits per heavy atom. The standard InChI is InChI=1S/C10H18O2S/c1-4-11-10(13)8(3)9-6-5-7(2)12-9/h7-9H,4-6H2,1-3H3/t7-,8?,9-/m0/s1. The molecule has 0 aromatic carbocycles. The van der Waals surface area contributed by atoms with E-state index in [0.29, 0.717) is 17.8 Å². The molecule has 0 N–H and O–H groups in total. The molecule has 0 amide bonds. The molecule has 1 saturated heterocycles. The number of hydrogen-bond acceptors (Lipinski definition) is 3. The Bertz CT molecular complexity index is 182. The van der Waals surface area contributed by atoms with Crippen LogP contribution in [0.3, 0.4) is 0 Å². The van der Waals surface area contributed by atoms with Crippen LogP contribution in [0.25, 0.3) is 0 Å². The molecule has 0 spiro atoms. The second kappa shape index (κ2) is 4.91. The predicted molar refractivity (Wildman–Crippen MR) is 57.0 cm³/mol. The fourth-order valence-corrected chi connectivity index (χ4v) is 1.90. The Kier molecular flexibility index (Phi) is 4.13. The SMILES string of the molecule is CCOC(=S)C(C)[C@@H]1CC[C@H](C)O1. The second-order valence-corrected chi connectivity index (χ2v) is 4.01. The third-order valence-corrected chi connectivity index (χ3v) is 2.97. The van der Waals surface area contributed by atoms with Crippen LogP contribution in [0.1, 0.15) is 33.6 Å². The van der Waals surface area contributed by atoms with Crippen molar-refractivity contribution in [2.45, 2.75) is 45.8 Å². The van der Waals surface area contributed by atoms with E-state index in [0.717, 1.165) is 12.8 Å². The van der Waals surface area contributed by atoms with E-state index in [2.05, 4.69) is 13.8 Å². The lowest BCUT2D eigenvalue weighted by atomic mass is 10.0. The van der Waals surface area contributed by atoms with E-state index in [-0.39, 0.29) is 12.0 Å². The molecule has 0 aromatic heterocycles. The molecule has 2 nitrogen and oxygen atoms in total. The van der Waals surface area contributed by atoms with Crippen LogP contribution in [0, 0.1) is 5.92 Å². The van der Waals surface area contributed by atoms with E-state index >= 15 is 0 Å². The van der Waals surface area contributed by atoms with Crippen molar-refractivity contribution in [2.24, 2.45) is 5.92 Å². The largest absolute Gasteiger partial charge is 0.487 e. The van der Waals surface area contributed by atoms with Crippen molar-refractivity contribution in [3.8, 4) is 0 Å². The van der Waals surface area contributed by atoms with E-state index in [1.165, 1.54) is 0 Å². The first-order valence-corrected chi connectivity index (χ1v) is 5.38. The van der Waals surface area contributed by atoms with Gasteiger partial charge in [0.15, 0.2) is 5.05 Å². The highest BCUT2D eigenvalue weighted by Gasteiger charge is 2.29. The Morgan fingerprint density at radius 3 is 2.77 bits per heavy atom. The molecule has 76 valence electrons. The molecule has 0 radical (unpaired) electrons. The van der Waals surface area contributed by atoms with Crippen molar-refractivity contribution < 1.29 is 9.47 Å². The van der Waals surface area contributed by atoms with Crippen molar-refractivity contribution in [1.29, 1.82) is 0 Å². The van der Waals surface area contributed by atoms with Gasteiger partial charge in [0.25, 0.3) is 0 Å². The minimum absolute atomic E-state index is 0.250. The molecule has 0 bridgehead atoms. The van der Waals surface area contributed by atoms with Gasteiger partial charge >= 0.3 is 0 Å². The lowest BCUT2D eigenvalue weighted by molar-refractivity contribution is 0.0355. The topological polar surface area (TPSA) is 18.5 Å². The number of hydrogen-bond donors (Lipinski definition) is 0. The van der Waals surface area contributed by atoms with Gasteiger partial charge in [-0.2, -0.15) is 0 Å². The summed E-state index contributed by atoms with van der Waals surface area (Å²) < 4.78 is 11.0. The first-order valence-electron chi connectivity index (χ1n) is 4.97. The minimum Gasteiger partial charge on any atom is -0.487 e. The molecule has 1 aliphatic heterocycles. The number of rotatable bonds is 3. The summed E-state index contributed by atoms with van der Waals surface area (Å²) in [6.45, 7) is 6.81. The van der Waals surface area contributed by atoms with Gasteiger partial charge in [-0.05, 0) is 38.9 Å². The maximum Gasteiger partial charge on any atom is 0.165 e. The zero-order valence-corrected chi connectivity index (χ0v) is 9.39. The normalized spacial score (nSPS) is 30.1. The Labute approximate surface area is 85.6 Å². The summed E-state index contributed by atoms with van der Waals surface area (Å²) in [5.74, 6) is 0.250. The molecule has 0 aliphatic carbocycles. The number of ether oxygens (including phenoxy) is 2. The Hall–Kier alpha value is -0.150. The third kappa shape index (κ3) is 2.92. The van der Waals surface area contributed by atoms with Crippen molar-refractivity contribution >= 4 is 17.3 Å². The summed E-state index contributed by atoms with van der Waals surface area (Å²) in [5, 5.41) is 0.696. The van der Waals surface area contributed by atoms with Gasteiger partial charge < -0.3 is 9.47 Å². The molecular formula is C10H18O2S. The van der Waals surface area contributed by atoms with E-state index in [9.17, 15) is 0 Å². The van der Waals surface area contributed by atoms with Crippen LogP contribution >= 0.6 is 12.2 Å². The first-order chi connectivity index (χ1) is 6.15. The van der Waals surface area contributed by atoms with Crippen molar-refractivity contribution in [1.82, 2.24) is 0 Å². The van der Waals surface area contributed by atoms with Crippen molar-refractivity contribution in [3.63, 3.8) is 0 Å². The average molecular weight is 202 g/mol. The van der Waals surface area contributed by atoms with Crippen LogP contribution in [0.2, 0.25) is 0 Å². The molecule has 1 unspecified atom stereocenters. The Morgan fingerprint density at radius 2 is 2.31 bits per heavy atom. The van der Waals surface area contributed by atoms with Crippen LogP contribution in [-0.2, 0) is 9.47 Å².